The van der Waals surface area contributed by atoms with E-state index in [9.17, 15) is 36.3 Å². The summed E-state index contributed by atoms with van der Waals surface area (Å²) in [5.74, 6) is -12.5. The van der Waals surface area contributed by atoms with Gasteiger partial charge in [0.05, 0.1) is 0 Å². The summed E-state index contributed by atoms with van der Waals surface area (Å²) in [4.78, 5) is 37.6. The lowest BCUT2D eigenvalue weighted by Crippen LogP contribution is -2.60. The summed E-state index contributed by atoms with van der Waals surface area (Å²) < 4.78 is 72.4. The van der Waals surface area contributed by atoms with Gasteiger partial charge in [0.25, 0.3) is 11.8 Å². The van der Waals surface area contributed by atoms with Crippen LogP contribution in [0.25, 0.3) is 0 Å². The number of benzene rings is 2. The van der Waals surface area contributed by atoms with Gasteiger partial charge in [-0.1, -0.05) is 60.8 Å². The molecule has 2 aromatic rings. The number of hydrogen-bond donors (Lipinski definition) is 3. The minimum atomic E-state index is -4.98. The van der Waals surface area contributed by atoms with E-state index in [1.165, 1.54) is 44.2 Å². The van der Waals surface area contributed by atoms with Crippen molar-refractivity contribution in [3.8, 4) is 5.75 Å². The minimum absolute atomic E-state index is 0.0601. The molecule has 15 heteroatoms. The first-order valence-electron chi connectivity index (χ1n) is 12.1. The third-order valence-electron chi connectivity index (χ3n) is 5.87. The van der Waals surface area contributed by atoms with Gasteiger partial charge in [-0.25, -0.2) is 0 Å². The summed E-state index contributed by atoms with van der Waals surface area (Å²) in [7, 11) is 0. The van der Waals surface area contributed by atoms with Crippen molar-refractivity contribution in [3.63, 3.8) is 0 Å². The van der Waals surface area contributed by atoms with E-state index in [4.69, 9.17) is 45.3 Å². The molecule has 2 aromatic carbocycles. The average molecular weight is 647 g/mol. The molecule has 0 aromatic heterocycles. The van der Waals surface area contributed by atoms with Crippen molar-refractivity contribution in [1.82, 2.24) is 10.6 Å². The number of rotatable bonds is 13. The predicted molar refractivity (Wildman–Crippen MR) is 144 cm³/mol. The number of halogens is 8. The minimum Gasteiger partial charge on any atom is -0.484 e. The average Bonchev–Trinajstić information content (AvgIpc) is 2.85. The second kappa shape index (κ2) is 14.5. The van der Waals surface area contributed by atoms with E-state index < -0.39 is 66.8 Å². The zero-order valence-electron chi connectivity index (χ0n) is 21.7. The number of hydrogen-bond acceptors (Lipinski definition) is 5. The number of Topliss-reactive ketones (excluding diaryl/α,β-unsaturated/α-hetero) is 1. The summed E-state index contributed by atoms with van der Waals surface area (Å²) in [6, 6.07) is 7.82. The lowest BCUT2D eigenvalue weighted by molar-refractivity contribution is -0.167. The van der Waals surface area contributed by atoms with Crippen LogP contribution < -0.4 is 21.1 Å². The molecule has 0 spiro atoms. The first-order chi connectivity index (χ1) is 18.9. The molecular formula is C26H27Cl3F5N3O4. The van der Waals surface area contributed by atoms with E-state index in [0.29, 0.717) is 10.6 Å². The van der Waals surface area contributed by atoms with Gasteiger partial charge in [-0.05, 0) is 48.2 Å². The second-order valence-corrected chi connectivity index (χ2v) is 10.8. The molecule has 0 fully saturated rings. The van der Waals surface area contributed by atoms with Gasteiger partial charge in [0, 0.05) is 33.1 Å². The number of ether oxygens (including phenoxy) is 1. The summed E-state index contributed by atoms with van der Waals surface area (Å²) in [5.41, 5.74) is 6.85. The van der Waals surface area contributed by atoms with Crippen molar-refractivity contribution < 1.29 is 41.1 Å². The topological polar surface area (TPSA) is 111 Å². The molecule has 2 rings (SSSR count). The second-order valence-electron chi connectivity index (χ2n) is 9.48. The summed E-state index contributed by atoms with van der Waals surface area (Å²) in [5, 5.41) is 4.48. The molecule has 0 aliphatic heterocycles. The van der Waals surface area contributed by atoms with Crippen LogP contribution in [0.2, 0.25) is 15.1 Å². The Morgan fingerprint density at radius 3 is 2.00 bits per heavy atom. The fourth-order valence-electron chi connectivity index (χ4n) is 3.95. The fraction of sp³-hybridized carbons (Fsp3) is 0.423. The van der Waals surface area contributed by atoms with Crippen LogP contribution in [0.15, 0.2) is 42.5 Å². The molecule has 0 heterocycles. The quantitative estimate of drug-likeness (QED) is 0.204. The number of alkyl halides is 5. The van der Waals surface area contributed by atoms with Crippen molar-refractivity contribution >= 4 is 52.4 Å². The highest BCUT2D eigenvalue weighted by molar-refractivity contribution is 6.34. The smallest absolute Gasteiger partial charge is 0.405 e. The van der Waals surface area contributed by atoms with Gasteiger partial charge in [-0.2, -0.15) is 22.0 Å². The molecule has 4 N–H and O–H groups in total. The number of amides is 2. The number of carbonyl (C=O) groups is 3. The summed E-state index contributed by atoms with van der Waals surface area (Å²) >= 11 is 17.8. The Kier molecular flexibility index (Phi) is 12.2. The number of ketones is 1. The maximum absolute atomic E-state index is 14.8. The molecule has 226 valence electrons. The molecule has 1 unspecified atom stereocenters. The molecule has 0 saturated heterocycles. The van der Waals surface area contributed by atoms with E-state index in [1.54, 1.807) is 12.1 Å². The first-order valence-corrected chi connectivity index (χ1v) is 13.2. The molecule has 0 radical (unpaired) electrons. The van der Waals surface area contributed by atoms with Crippen LogP contribution >= 0.6 is 34.8 Å². The Labute approximate surface area is 247 Å². The Balaban J connectivity index is 2.30. The summed E-state index contributed by atoms with van der Waals surface area (Å²) in [6.45, 7) is 0.121. The molecule has 0 saturated carbocycles. The van der Waals surface area contributed by atoms with Gasteiger partial charge < -0.3 is 21.1 Å². The van der Waals surface area contributed by atoms with E-state index in [2.05, 4.69) is 5.32 Å². The number of carbonyl (C=O) groups excluding carboxylic acids is 3. The SMILES string of the molecule is CC(C)[C@H](C(=O)C(F)(F)C(=O)NCC(F)(F)F)C(N)[C@H](Cc1ccc(Cl)cc1)NC(=O)COc1cc(Cl)cc(Cl)c1. The van der Waals surface area contributed by atoms with Crippen molar-refractivity contribution in [2.45, 2.75) is 44.5 Å². The normalized spacial score (nSPS) is 14.2. The van der Waals surface area contributed by atoms with Gasteiger partial charge in [0.15, 0.2) is 6.61 Å². The van der Waals surface area contributed by atoms with Crippen LogP contribution in [0.3, 0.4) is 0 Å². The van der Waals surface area contributed by atoms with Crippen LogP contribution in [0.1, 0.15) is 19.4 Å². The fourth-order valence-corrected chi connectivity index (χ4v) is 4.58. The van der Waals surface area contributed by atoms with E-state index in [1.807, 2.05) is 0 Å². The van der Waals surface area contributed by atoms with Crippen LogP contribution in [0.5, 0.6) is 5.75 Å². The predicted octanol–water partition coefficient (Wildman–Crippen LogP) is 5.24. The molecule has 7 nitrogen and oxygen atoms in total. The van der Waals surface area contributed by atoms with Crippen LogP contribution in [-0.2, 0) is 20.8 Å². The zero-order valence-corrected chi connectivity index (χ0v) is 24.0. The monoisotopic (exact) mass is 645 g/mol. The molecule has 0 aliphatic carbocycles. The molecule has 2 amide bonds. The van der Waals surface area contributed by atoms with Crippen molar-refractivity contribution in [3.05, 3.63) is 63.1 Å². The van der Waals surface area contributed by atoms with Gasteiger partial charge in [0.2, 0.25) is 5.78 Å². The summed E-state index contributed by atoms with van der Waals surface area (Å²) in [6.07, 6.45) is -5.04. The Bertz CT molecular complexity index is 1210. The molecule has 3 atom stereocenters. The van der Waals surface area contributed by atoms with Crippen LogP contribution in [-0.4, -0.2) is 54.9 Å². The van der Waals surface area contributed by atoms with E-state index in [0.717, 1.165) is 5.32 Å². The number of nitrogens with two attached hydrogens (primary N) is 1. The standard InChI is InChI=1S/C26H27Cl3F5N3O4/c1-13(2)21(23(39)26(33,34)24(40)36-12-25(30,31)32)22(35)19(7-14-3-5-15(27)6-4-14)37-20(38)11-41-18-9-16(28)8-17(29)10-18/h3-6,8-10,13,19,21-22H,7,11-12,35H2,1-2H3,(H,36,40)(H,37,38)/t19-,21-,22?/m0/s1. The van der Waals surface area contributed by atoms with Gasteiger partial charge in [-0.15, -0.1) is 0 Å². The third kappa shape index (κ3) is 10.6. The molecular weight excluding hydrogens is 620 g/mol. The van der Waals surface area contributed by atoms with E-state index in [-0.39, 0.29) is 22.2 Å². The molecule has 0 bridgehead atoms. The Hall–Kier alpha value is -2.67. The highest BCUT2D eigenvalue weighted by Crippen LogP contribution is 2.29. The van der Waals surface area contributed by atoms with Crippen LogP contribution in [0.4, 0.5) is 22.0 Å². The van der Waals surface area contributed by atoms with Crippen molar-refractivity contribution in [2.75, 3.05) is 13.2 Å². The highest BCUT2D eigenvalue weighted by atomic mass is 35.5. The van der Waals surface area contributed by atoms with Crippen molar-refractivity contribution in [2.24, 2.45) is 17.6 Å². The highest BCUT2D eigenvalue weighted by Gasteiger charge is 2.53. The lowest BCUT2D eigenvalue weighted by atomic mass is 9.78. The molecule has 0 aliphatic rings. The van der Waals surface area contributed by atoms with Crippen molar-refractivity contribution in [1.29, 1.82) is 0 Å². The van der Waals surface area contributed by atoms with Gasteiger partial charge >= 0.3 is 12.1 Å². The lowest BCUT2D eigenvalue weighted by Gasteiger charge is -2.34. The largest absolute Gasteiger partial charge is 0.484 e. The maximum Gasteiger partial charge on any atom is 0.405 e. The maximum atomic E-state index is 14.8. The zero-order chi connectivity index (χ0) is 31.1. The van der Waals surface area contributed by atoms with Gasteiger partial charge in [0.1, 0.15) is 12.3 Å². The van der Waals surface area contributed by atoms with Crippen LogP contribution in [0, 0.1) is 11.8 Å². The van der Waals surface area contributed by atoms with E-state index >= 15 is 0 Å². The Morgan fingerprint density at radius 2 is 1.49 bits per heavy atom. The Morgan fingerprint density at radius 1 is 0.927 bits per heavy atom. The number of nitrogens with one attached hydrogen (secondary N) is 2. The molecule has 41 heavy (non-hydrogen) atoms. The van der Waals surface area contributed by atoms with Gasteiger partial charge in [-0.3, -0.25) is 14.4 Å². The third-order valence-corrected chi connectivity index (χ3v) is 6.55. The first kappa shape index (κ1) is 34.5.